The van der Waals surface area contributed by atoms with E-state index in [-0.39, 0.29) is 39.5 Å². The number of carbonyl (C=O) groups is 1. The number of amides is 1. The Balaban J connectivity index is 1.75. The Hall–Kier alpha value is -4.08. The lowest BCUT2D eigenvalue weighted by molar-refractivity contribution is -0.145. The quantitative estimate of drug-likeness (QED) is 0.403. The van der Waals surface area contributed by atoms with E-state index >= 15 is 0 Å². The lowest BCUT2D eigenvalue weighted by atomic mass is 10.2. The topological polar surface area (TPSA) is 65.4 Å². The fourth-order valence-corrected chi connectivity index (χ4v) is 3.39. The number of methoxy groups -OCH3 is 2. The Kier molecular flexibility index (Phi) is 5.67. The van der Waals surface area contributed by atoms with Crippen LogP contribution in [-0.4, -0.2) is 29.7 Å². The van der Waals surface area contributed by atoms with Crippen molar-refractivity contribution in [2.24, 2.45) is 0 Å². The number of hydrogen-bond donors (Lipinski definition) is 1. The standard InChI is InChI=1S/C23H17F4N3O3/c1-32-19-11-17-18(12-20(19)33-2)30(22(29-17)23(25,26)27)14-9-7-13(8-10-14)28-21(31)15-5-3-4-6-16(15)24/h3-12H,1-2H3,(H,28,31). The number of rotatable bonds is 5. The highest BCUT2D eigenvalue weighted by Gasteiger charge is 2.38. The molecule has 0 radical (unpaired) electrons. The van der Waals surface area contributed by atoms with Crippen molar-refractivity contribution in [3.63, 3.8) is 0 Å². The number of nitrogens with zero attached hydrogens (tertiary/aromatic N) is 2. The van der Waals surface area contributed by atoms with Crippen molar-refractivity contribution in [3.05, 3.63) is 77.9 Å². The molecule has 0 fully saturated rings. The van der Waals surface area contributed by atoms with Gasteiger partial charge in [-0.1, -0.05) is 12.1 Å². The molecule has 1 aromatic heterocycles. The Morgan fingerprint density at radius 3 is 2.21 bits per heavy atom. The van der Waals surface area contributed by atoms with Gasteiger partial charge < -0.3 is 14.8 Å². The summed E-state index contributed by atoms with van der Waals surface area (Å²) in [5.41, 5.74) is 0.507. The zero-order valence-electron chi connectivity index (χ0n) is 17.4. The second kappa shape index (κ2) is 8.45. The minimum absolute atomic E-state index is 0.0666. The third kappa shape index (κ3) is 4.19. The van der Waals surface area contributed by atoms with Gasteiger partial charge in [-0.2, -0.15) is 13.2 Å². The minimum atomic E-state index is -4.74. The summed E-state index contributed by atoms with van der Waals surface area (Å²) in [6.07, 6.45) is -4.74. The Bertz CT molecular complexity index is 1330. The molecule has 3 aromatic carbocycles. The summed E-state index contributed by atoms with van der Waals surface area (Å²) in [4.78, 5) is 16.1. The van der Waals surface area contributed by atoms with Gasteiger partial charge in [0.1, 0.15) is 5.82 Å². The van der Waals surface area contributed by atoms with Crippen LogP contribution in [0.5, 0.6) is 11.5 Å². The highest BCUT2D eigenvalue weighted by molar-refractivity contribution is 6.04. The number of ether oxygens (including phenoxy) is 2. The molecule has 1 N–H and O–H groups in total. The van der Waals surface area contributed by atoms with E-state index in [0.717, 1.165) is 10.6 Å². The molecule has 0 aliphatic heterocycles. The van der Waals surface area contributed by atoms with Crippen LogP contribution in [0.3, 0.4) is 0 Å². The summed E-state index contributed by atoms with van der Waals surface area (Å²) in [6.45, 7) is 0. The third-order valence-electron chi connectivity index (χ3n) is 4.92. The average Bonchev–Trinajstić information content (AvgIpc) is 3.17. The fraction of sp³-hybridized carbons (Fsp3) is 0.130. The van der Waals surface area contributed by atoms with E-state index in [0.29, 0.717) is 0 Å². The molecule has 0 atom stereocenters. The molecule has 4 aromatic rings. The predicted molar refractivity (Wildman–Crippen MR) is 114 cm³/mol. The number of nitrogens with one attached hydrogen (secondary N) is 1. The second-order valence-corrected chi connectivity index (χ2v) is 6.95. The van der Waals surface area contributed by atoms with Crippen molar-refractivity contribution in [2.45, 2.75) is 6.18 Å². The molecule has 6 nitrogen and oxygen atoms in total. The lowest BCUT2D eigenvalue weighted by Crippen LogP contribution is -2.15. The van der Waals surface area contributed by atoms with Crippen LogP contribution in [0.2, 0.25) is 0 Å². The second-order valence-electron chi connectivity index (χ2n) is 6.95. The van der Waals surface area contributed by atoms with Gasteiger partial charge in [-0.3, -0.25) is 9.36 Å². The van der Waals surface area contributed by atoms with Crippen molar-refractivity contribution in [1.29, 1.82) is 0 Å². The smallest absolute Gasteiger partial charge is 0.450 e. The Labute approximate surface area is 185 Å². The molecule has 0 unspecified atom stereocenters. The summed E-state index contributed by atoms with van der Waals surface area (Å²) < 4.78 is 66.5. The molecule has 4 rings (SSSR count). The lowest BCUT2D eigenvalue weighted by Gasteiger charge is -2.13. The van der Waals surface area contributed by atoms with E-state index in [9.17, 15) is 22.4 Å². The van der Waals surface area contributed by atoms with Gasteiger partial charge >= 0.3 is 6.18 Å². The number of fused-ring (bicyclic) bond motifs is 1. The predicted octanol–water partition coefficient (Wildman–Crippen LogP) is 5.45. The number of benzene rings is 3. The van der Waals surface area contributed by atoms with Crippen LogP contribution in [0, 0.1) is 5.82 Å². The number of halogens is 4. The van der Waals surface area contributed by atoms with Gasteiger partial charge in [0, 0.05) is 23.5 Å². The normalized spacial score (nSPS) is 11.5. The van der Waals surface area contributed by atoms with Crippen LogP contribution >= 0.6 is 0 Å². The van der Waals surface area contributed by atoms with Gasteiger partial charge in [0.2, 0.25) is 5.82 Å². The van der Waals surface area contributed by atoms with Crippen molar-refractivity contribution in [2.75, 3.05) is 19.5 Å². The molecule has 0 saturated carbocycles. The molecule has 0 aliphatic carbocycles. The van der Waals surface area contributed by atoms with Crippen LogP contribution in [0.4, 0.5) is 23.2 Å². The number of anilines is 1. The van der Waals surface area contributed by atoms with Gasteiger partial charge in [0.25, 0.3) is 5.91 Å². The first kappa shape index (κ1) is 22.1. The maximum Gasteiger partial charge on any atom is 0.450 e. The molecule has 0 aliphatic rings. The highest BCUT2D eigenvalue weighted by atomic mass is 19.4. The van der Waals surface area contributed by atoms with Crippen LogP contribution < -0.4 is 14.8 Å². The summed E-state index contributed by atoms with van der Waals surface area (Å²) in [5.74, 6) is -2.00. The first-order valence-electron chi connectivity index (χ1n) is 9.61. The number of hydrogen-bond acceptors (Lipinski definition) is 4. The summed E-state index contributed by atoms with van der Waals surface area (Å²) >= 11 is 0. The summed E-state index contributed by atoms with van der Waals surface area (Å²) in [7, 11) is 2.75. The zero-order chi connectivity index (χ0) is 23.8. The van der Waals surface area contributed by atoms with E-state index in [4.69, 9.17) is 9.47 Å². The van der Waals surface area contributed by atoms with Crippen molar-refractivity contribution in [1.82, 2.24) is 9.55 Å². The van der Waals surface area contributed by atoms with Crippen LogP contribution in [-0.2, 0) is 6.18 Å². The maximum absolute atomic E-state index is 13.8. The first-order valence-corrected chi connectivity index (χ1v) is 9.61. The Morgan fingerprint density at radius 1 is 0.970 bits per heavy atom. The monoisotopic (exact) mass is 459 g/mol. The fourth-order valence-electron chi connectivity index (χ4n) is 3.39. The Morgan fingerprint density at radius 2 is 1.61 bits per heavy atom. The van der Waals surface area contributed by atoms with Gasteiger partial charge in [-0.05, 0) is 36.4 Å². The number of alkyl halides is 3. The van der Waals surface area contributed by atoms with Gasteiger partial charge in [0.15, 0.2) is 11.5 Å². The molecular formula is C23H17F4N3O3. The molecular weight excluding hydrogens is 442 g/mol. The van der Waals surface area contributed by atoms with Crippen molar-refractivity contribution in [3.8, 4) is 17.2 Å². The highest BCUT2D eigenvalue weighted by Crippen LogP contribution is 2.38. The molecule has 0 spiro atoms. The van der Waals surface area contributed by atoms with E-state index in [1.165, 1.54) is 68.8 Å². The van der Waals surface area contributed by atoms with Crippen LogP contribution in [0.25, 0.3) is 16.7 Å². The molecule has 10 heteroatoms. The van der Waals surface area contributed by atoms with Crippen molar-refractivity contribution >= 4 is 22.6 Å². The van der Waals surface area contributed by atoms with Gasteiger partial charge in [-0.15, -0.1) is 0 Å². The van der Waals surface area contributed by atoms with Crippen LogP contribution in [0.15, 0.2) is 60.7 Å². The molecule has 170 valence electrons. The SMILES string of the molecule is COc1cc2nc(C(F)(F)F)n(-c3ccc(NC(=O)c4ccccc4F)cc3)c2cc1OC. The van der Waals surface area contributed by atoms with E-state index < -0.39 is 23.7 Å². The van der Waals surface area contributed by atoms with E-state index in [1.807, 2.05) is 0 Å². The average molecular weight is 459 g/mol. The van der Waals surface area contributed by atoms with Crippen molar-refractivity contribution < 1.29 is 31.8 Å². The third-order valence-corrected chi connectivity index (χ3v) is 4.92. The zero-order valence-corrected chi connectivity index (χ0v) is 17.4. The van der Waals surface area contributed by atoms with Gasteiger partial charge in [0.05, 0.1) is 30.8 Å². The van der Waals surface area contributed by atoms with E-state index in [2.05, 4.69) is 10.3 Å². The molecule has 1 amide bonds. The molecule has 33 heavy (non-hydrogen) atoms. The number of imidazole rings is 1. The molecule has 0 bridgehead atoms. The first-order chi connectivity index (χ1) is 15.7. The minimum Gasteiger partial charge on any atom is -0.493 e. The molecule has 1 heterocycles. The summed E-state index contributed by atoms with van der Waals surface area (Å²) in [6, 6.07) is 13.9. The van der Waals surface area contributed by atoms with Gasteiger partial charge in [-0.25, -0.2) is 9.37 Å². The maximum atomic E-state index is 13.8. The van der Waals surface area contributed by atoms with E-state index in [1.54, 1.807) is 0 Å². The largest absolute Gasteiger partial charge is 0.493 e. The number of aromatic nitrogens is 2. The van der Waals surface area contributed by atoms with Crippen LogP contribution in [0.1, 0.15) is 16.2 Å². The molecule has 0 saturated heterocycles. The summed E-state index contributed by atoms with van der Waals surface area (Å²) in [5, 5.41) is 2.52. The number of carbonyl (C=O) groups excluding carboxylic acids is 1.